The highest BCUT2D eigenvalue weighted by molar-refractivity contribution is 5.89. The van der Waals surface area contributed by atoms with E-state index in [9.17, 15) is 14.7 Å². The molecule has 6 aromatic carbocycles. The maximum absolute atomic E-state index is 14.0. The molecule has 3 unspecified atom stereocenters. The number of nitrogens with zero attached hydrogens (tertiary/aromatic N) is 2. The molecule has 1 aliphatic heterocycles. The Labute approximate surface area is 400 Å². The van der Waals surface area contributed by atoms with Gasteiger partial charge in [-0.15, -0.1) is 0 Å². The fourth-order valence-corrected chi connectivity index (χ4v) is 8.34. The van der Waals surface area contributed by atoms with Crippen molar-refractivity contribution in [3.8, 4) is 17.2 Å². The quantitative estimate of drug-likeness (QED) is 0.0314. The van der Waals surface area contributed by atoms with Crippen molar-refractivity contribution in [2.75, 3.05) is 47.1 Å². The second-order valence-corrected chi connectivity index (χ2v) is 16.4. The minimum absolute atomic E-state index is 0.0244. The summed E-state index contributed by atoms with van der Waals surface area (Å²) < 4.78 is 47.2. The highest BCUT2D eigenvalue weighted by atomic mass is 17.1. The number of amides is 1. The van der Waals surface area contributed by atoms with Gasteiger partial charge in [0, 0.05) is 35.8 Å². The third-order valence-corrected chi connectivity index (χ3v) is 11.7. The Balaban J connectivity index is 1.09. The van der Waals surface area contributed by atoms with Crippen LogP contribution in [0.1, 0.15) is 51.3 Å². The number of methoxy groups -OCH3 is 2. The van der Waals surface area contributed by atoms with Crippen LogP contribution < -0.4 is 14.2 Å². The summed E-state index contributed by atoms with van der Waals surface area (Å²) in [6.07, 6.45) is -1.46. The molecule has 7 rings (SSSR count). The Bertz CT molecular complexity index is 2570. The van der Waals surface area contributed by atoms with Gasteiger partial charge >= 0.3 is 12.2 Å². The summed E-state index contributed by atoms with van der Waals surface area (Å²) in [7, 11) is 3.27. The average molecular weight is 947 g/mol. The zero-order chi connectivity index (χ0) is 48.4. The SMILES string of the molecule is COc1ccccc1COCCCOc1ccc(C2C(COC(=O)OCc3cccc(CON(O)O)c3)CN(C(=O)OCc3cccc(CO)c3)CC2OCc2cc(OC)c3ccccc3c2)cc1. The number of likely N-dealkylation sites (tertiary alicyclic amines) is 1. The lowest BCUT2D eigenvalue weighted by Crippen LogP contribution is -2.52. The summed E-state index contributed by atoms with van der Waals surface area (Å²) in [5.74, 6) is 1.25. The van der Waals surface area contributed by atoms with Crippen LogP contribution in [0.4, 0.5) is 9.59 Å². The molecule has 6 aromatic rings. The lowest BCUT2D eigenvalue weighted by molar-refractivity contribution is -0.497. The molecule has 16 nitrogen and oxygen atoms in total. The number of carbonyl (C=O) groups is 2. The van der Waals surface area contributed by atoms with E-state index in [1.807, 2.05) is 91.0 Å². The van der Waals surface area contributed by atoms with Crippen LogP contribution in [0, 0.1) is 5.92 Å². The molecule has 0 aliphatic carbocycles. The van der Waals surface area contributed by atoms with E-state index in [0.29, 0.717) is 54.4 Å². The van der Waals surface area contributed by atoms with E-state index in [1.165, 1.54) is 0 Å². The first-order valence-electron chi connectivity index (χ1n) is 22.6. The van der Waals surface area contributed by atoms with Gasteiger partial charge in [0.1, 0.15) is 37.1 Å². The predicted molar refractivity (Wildman–Crippen MR) is 251 cm³/mol. The fourth-order valence-electron chi connectivity index (χ4n) is 8.34. The van der Waals surface area contributed by atoms with Gasteiger partial charge in [-0.2, -0.15) is 0 Å². The number of carbonyl (C=O) groups excluding carboxylic acids is 2. The van der Waals surface area contributed by atoms with Crippen molar-refractivity contribution in [1.82, 2.24) is 10.3 Å². The molecule has 3 atom stereocenters. The predicted octanol–water partition coefficient (Wildman–Crippen LogP) is 9.14. The van der Waals surface area contributed by atoms with Crippen LogP contribution in [0.5, 0.6) is 17.2 Å². The van der Waals surface area contributed by atoms with Crippen LogP contribution in [0.25, 0.3) is 10.8 Å². The minimum atomic E-state index is -0.924. The second kappa shape index (κ2) is 25.6. The number of aliphatic hydroxyl groups excluding tert-OH is 1. The van der Waals surface area contributed by atoms with Crippen molar-refractivity contribution in [1.29, 1.82) is 0 Å². The molecule has 1 heterocycles. The first-order valence-corrected chi connectivity index (χ1v) is 22.6. The topological polar surface area (TPSA) is 184 Å². The van der Waals surface area contributed by atoms with Gasteiger partial charge in [-0.25, -0.2) is 14.4 Å². The van der Waals surface area contributed by atoms with Crippen LogP contribution in [-0.2, 0) is 68.2 Å². The Morgan fingerprint density at radius 3 is 2.10 bits per heavy atom. The molecular weight excluding hydrogens is 889 g/mol. The first kappa shape index (κ1) is 50.1. The largest absolute Gasteiger partial charge is 0.508 e. The lowest BCUT2D eigenvalue weighted by Gasteiger charge is -2.43. The van der Waals surface area contributed by atoms with E-state index in [4.69, 9.17) is 53.1 Å². The first-order chi connectivity index (χ1) is 33.7. The van der Waals surface area contributed by atoms with Crippen molar-refractivity contribution in [2.45, 2.75) is 58.1 Å². The van der Waals surface area contributed by atoms with E-state index in [-0.39, 0.29) is 58.1 Å². The van der Waals surface area contributed by atoms with Gasteiger partial charge in [0.2, 0.25) is 0 Å². The molecule has 1 amide bonds. The molecule has 0 aromatic heterocycles. The van der Waals surface area contributed by atoms with Gasteiger partial charge in [-0.05, 0) is 69.1 Å². The molecule has 1 saturated heterocycles. The Hall–Kier alpha value is -6.76. The number of hydrogen-bond acceptors (Lipinski definition) is 15. The van der Waals surface area contributed by atoms with Crippen LogP contribution in [0.2, 0.25) is 0 Å². The Morgan fingerprint density at radius 2 is 1.35 bits per heavy atom. The summed E-state index contributed by atoms with van der Waals surface area (Å²) in [5.41, 5.74) is 5.34. The standard InChI is InChI=1S/C53H58N2O14/c1-61-48-17-6-4-15-44(48)35-63-22-9-23-64-46-20-18-42(19-21-46)51-45(36-68-53(58)67-32-39-12-8-13-40(25-39)34-69-55(59)60)28-54(52(57)66-31-38-11-7-10-37(24-38)30-56)29-50(51)65-33-41-26-43-14-3-5-16-47(43)49(27-41)62-2/h3-8,10-21,24-27,45,50-51,56,59-60H,9,22-23,28-36H2,1-2H3. The maximum atomic E-state index is 14.0. The zero-order valence-corrected chi connectivity index (χ0v) is 38.6. The number of ether oxygens (including phenoxy) is 8. The number of para-hydroxylation sites is 1. The van der Waals surface area contributed by atoms with Crippen molar-refractivity contribution in [2.24, 2.45) is 5.92 Å². The van der Waals surface area contributed by atoms with E-state index < -0.39 is 30.2 Å². The van der Waals surface area contributed by atoms with Crippen LogP contribution in [0.15, 0.2) is 133 Å². The van der Waals surface area contributed by atoms with E-state index in [0.717, 1.165) is 38.8 Å². The molecule has 16 heteroatoms. The van der Waals surface area contributed by atoms with Crippen LogP contribution >= 0.6 is 0 Å². The number of aliphatic hydroxyl groups is 1. The van der Waals surface area contributed by atoms with Gasteiger partial charge in [0.15, 0.2) is 0 Å². The zero-order valence-electron chi connectivity index (χ0n) is 38.6. The van der Waals surface area contributed by atoms with Crippen molar-refractivity contribution in [3.05, 3.63) is 172 Å². The smallest absolute Gasteiger partial charge is 0.496 e. The summed E-state index contributed by atoms with van der Waals surface area (Å²) in [5, 5.41) is 29.1. The van der Waals surface area contributed by atoms with Crippen molar-refractivity contribution < 1.29 is 67.8 Å². The van der Waals surface area contributed by atoms with E-state index in [2.05, 4.69) is 0 Å². The number of fused-ring (bicyclic) bond motifs is 1. The molecule has 1 aliphatic rings. The summed E-state index contributed by atoms with van der Waals surface area (Å²) >= 11 is 0. The number of benzene rings is 6. The van der Waals surface area contributed by atoms with Gasteiger partial charge in [0.05, 0.1) is 71.9 Å². The summed E-state index contributed by atoms with van der Waals surface area (Å²) in [6.45, 7) is 1.26. The molecular formula is C53H58N2O14. The third kappa shape index (κ3) is 14.6. The molecule has 1 fully saturated rings. The van der Waals surface area contributed by atoms with Gasteiger partial charge in [-0.1, -0.05) is 103 Å². The van der Waals surface area contributed by atoms with Crippen molar-refractivity contribution in [3.63, 3.8) is 0 Å². The molecule has 0 spiro atoms. The minimum Gasteiger partial charge on any atom is -0.496 e. The highest BCUT2D eigenvalue weighted by Crippen LogP contribution is 2.38. The van der Waals surface area contributed by atoms with Gasteiger partial charge in [0.25, 0.3) is 0 Å². The molecule has 364 valence electrons. The average Bonchev–Trinajstić information content (AvgIpc) is 3.38. The normalized spacial score (nSPS) is 15.7. The van der Waals surface area contributed by atoms with Crippen LogP contribution in [-0.4, -0.2) is 91.3 Å². The lowest BCUT2D eigenvalue weighted by atomic mass is 9.78. The van der Waals surface area contributed by atoms with E-state index in [1.54, 1.807) is 61.6 Å². The Morgan fingerprint density at radius 1 is 0.652 bits per heavy atom. The highest BCUT2D eigenvalue weighted by Gasteiger charge is 2.42. The number of hydrogen-bond donors (Lipinski definition) is 3. The second-order valence-electron chi connectivity index (χ2n) is 16.4. The molecule has 0 saturated carbocycles. The monoisotopic (exact) mass is 946 g/mol. The van der Waals surface area contributed by atoms with Crippen LogP contribution in [0.3, 0.4) is 0 Å². The number of piperidine rings is 1. The van der Waals surface area contributed by atoms with Gasteiger partial charge in [-0.3, -0.25) is 10.4 Å². The Kier molecular flexibility index (Phi) is 18.6. The van der Waals surface area contributed by atoms with Gasteiger partial charge < -0.3 is 47.9 Å². The fraction of sp³-hybridized carbons (Fsp3) is 0.321. The van der Waals surface area contributed by atoms with Crippen molar-refractivity contribution >= 4 is 23.0 Å². The van der Waals surface area contributed by atoms with E-state index >= 15 is 0 Å². The summed E-state index contributed by atoms with van der Waals surface area (Å²) in [6, 6.07) is 41.4. The number of rotatable bonds is 23. The molecule has 0 bridgehead atoms. The molecule has 0 radical (unpaired) electrons. The molecule has 3 N–H and O–H groups in total. The maximum Gasteiger partial charge on any atom is 0.508 e. The summed E-state index contributed by atoms with van der Waals surface area (Å²) in [4.78, 5) is 33.5. The molecule has 69 heavy (non-hydrogen) atoms. The third-order valence-electron chi connectivity index (χ3n) is 11.7.